The lowest BCUT2D eigenvalue weighted by Crippen LogP contribution is -2.36. The van der Waals surface area contributed by atoms with Crippen LogP contribution in [0.1, 0.15) is 38.3 Å². The van der Waals surface area contributed by atoms with Crippen molar-refractivity contribution in [3.05, 3.63) is 64.3 Å². The molecule has 0 saturated carbocycles. The summed E-state index contributed by atoms with van der Waals surface area (Å²) in [5.74, 6) is 2.64. The Kier molecular flexibility index (Phi) is 4.14. The van der Waals surface area contributed by atoms with Crippen molar-refractivity contribution in [2.45, 2.75) is 32.7 Å². The lowest BCUT2D eigenvalue weighted by atomic mass is 9.73. The maximum atomic E-state index is 13.4. The number of aromatic nitrogens is 3. The average molecular weight is 449 g/mol. The van der Waals surface area contributed by atoms with Gasteiger partial charge in [0.2, 0.25) is 12.7 Å². The van der Waals surface area contributed by atoms with Crippen LogP contribution in [0.3, 0.4) is 0 Å². The number of hydrogen-bond donors (Lipinski definition) is 1. The third kappa shape index (κ3) is 3.07. The quantitative estimate of drug-likeness (QED) is 0.595. The van der Waals surface area contributed by atoms with Crippen LogP contribution in [0.5, 0.6) is 11.5 Å². The number of halogens is 1. The van der Waals surface area contributed by atoms with E-state index in [4.69, 9.17) is 31.2 Å². The normalized spacial score (nSPS) is 20.6. The van der Waals surface area contributed by atoms with Gasteiger partial charge in [0.1, 0.15) is 6.04 Å². The van der Waals surface area contributed by atoms with Gasteiger partial charge in [0.15, 0.2) is 23.1 Å². The molecule has 8 heteroatoms. The number of ether oxygens (including phenoxy) is 2. The van der Waals surface area contributed by atoms with E-state index in [-0.39, 0.29) is 18.0 Å². The number of nitrogens with zero attached hydrogens (tertiary/aromatic N) is 3. The molecule has 7 nitrogen and oxygen atoms in total. The number of Topliss-reactive ketones (excluding diaryl/α,β-unsaturated/α-hetero) is 1. The molecule has 2 aliphatic heterocycles. The number of hydrogen-bond acceptors (Lipinski definition) is 6. The van der Waals surface area contributed by atoms with Crippen molar-refractivity contribution >= 4 is 23.3 Å². The van der Waals surface area contributed by atoms with E-state index in [9.17, 15) is 4.79 Å². The molecule has 2 aromatic carbocycles. The number of fused-ring (bicyclic) bond motifs is 2. The first kappa shape index (κ1) is 19.4. The summed E-state index contributed by atoms with van der Waals surface area (Å²) in [6.07, 6.45) is 1.24. The molecule has 162 valence electrons. The molecule has 0 amide bonds. The standard InChI is InChI=1S/C24H21ClN4O3/c1-24(2)10-16-20(17(30)11-24)21(13-6-7-18-19(9-13)32-12-31-18)29-23(26-16)27-22(28-29)14-4-3-5-15(25)8-14/h3-9,21H,10-12H2,1-2H3,(H,26,27,28)/t21-/m1/s1. The number of anilines is 1. The summed E-state index contributed by atoms with van der Waals surface area (Å²) in [4.78, 5) is 18.1. The van der Waals surface area contributed by atoms with E-state index in [1.165, 1.54) is 0 Å². The highest BCUT2D eigenvalue weighted by Crippen LogP contribution is 2.47. The molecule has 1 atom stereocenters. The summed E-state index contributed by atoms with van der Waals surface area (Å²) in [5, 5.41) is 8.82. The Labute approximate surface area is 190 Å². The van der Waals surface area contributed by atoms with Crippen molar-refractivity contribution in [1.29, 1.82) is 0 Å². The fourth-order valence-electron chi connectivity index (χ4n) is 4.75. The first-order valence-corrected chi connectivity index (χ1v) is 10.9. The van der Waals surface area contributed by atoms with Crippen LogP contribution in [0.4, 0.5) is 5.95 Å². The smallest absolute Gasteiger partial charge is 0.231 e. The summed E-state index contributed by atoms with van der Waals surface area (Å²) in [6.45, 7) is 4.42. The van der Waals surface area contributed by atoms with E-state index in [0.717, 1.165) is 28.8 Å². The zero-order chi connectivity index (χ0) is 22.0. The molecule has 1 N–H and O–H groups in total. The van der Waals surface area contributed by atoms with E-state index >= 15 is 0 Å². The van der Waals surface area contributed by atoms with E-state index in [0.29, 0.717) is 34.7 Å². The first-order valence-electron chi connectivity index (χ1n) is 10.5. The van der Waals surface area contributed by atoms with Crippen LogP contribution < -0.4 is 14.8 Å². The zero-order valence-corrected chi connectivity index (χ0v) is 18.4. The molecule has 0 radical (unpaired) electrons. The zero-order valence-electron chi connectivity index (χ0n) is 17.7. The molecule has 0 fully saturated rings. The molecule has 1 aromatic heterocycles. The summed E-state index contributed by atoms with van der Waals surface area (Å²) >= 11 is 6.19. The molecule has 0 unspecified atom stereocenters. The lowest BCUT2D eigenvalue weighted by Gasteiger charge is -2.38. The van der Waals surface area contributed by atoms with Crippen molar-refractivity contribution < 1.29 is 14.3 Å². The van der Waals surface area contributed by atoms with Crippen LogP contribution in [-0.2, 0) is 4.79 Å². The largest absolute Gasteiger partial charge is 0.454 e. The van der Waals surface area contributed by atoms with Gasteiger partial charge in [-0.2, -0.15) is 4.98 Å². The van der Waals surface area contributed by atoms with Crippen LogP contribution >= 0.6 is 11.6 Å². The molecule has 3 aliphatic rings. The van der Waals surface area contributed by atoms with Gasteiger partial charge >= 0.3 is 0 Å². The molecule has 0 saturated heterocycles. The van der Waals surface area contributed by atoms with E-state index in [1.807, 2.05) is 42.5 Å². The third-order valence-corrected chi connectivity index (χ3v) is 6.36. The highest BCUT2D eigenvalue weighted by Gasteiger charge is 2.42. The monoisotopic (exact) mass is 448 g/mol. The van der Waals surface area contributed by atoms with Crippen molar-refractivity contribution in [2.75, 3.05) is 12.1 Å². The molecule has 0 bridgehead atoms. The number of carbonyl (C=O) groups is 1. The summed E-state index contributed by atoms with van der Waals surface area (Å²) in [7, 11) is 0. The third-order valence-electron chi connectivity index (χ3n) is 6.13. The van der Waals surface area contributed by atoms with Crippen LogP contribution in [0.2, 0.25) is 5.02 Å². The van der Waals surface area contributed by atoms with Gasteiger partial charge in [-0.15, -0.1) is 5.10 Å². The second-order valence-electron chi connectivity index (χ2n) is 9.19. The minimum atomic E-state index is -0.403. The Morgan fingerprint density at radius 3 is 2.81 bits per heavy atom. The van der Waals surface area contributed by atoms with E-state index in [1.54, 1.807) is 4.68 Å². The Morgan fingerprint density at radius 2 is 1.97 bits per heavy atom. The summed E-state index contributed by atoms with van der Waals surface area (Å²) in [6, 6.07) is 12.8. The van der Waals surface area contributed by atoms with Gasteiger partial charge in [-0.05, 0) is 41.7 Å². The Hall–Kier alpha value is -3.32. The van der Waals surface area contributed by atoms with Gasteiger partial charge in [0.25, 0.3) is 0 Å². The van der Waals surface area contributed by atoms with Gasteiger partial charge in [0, 0.05) is 28.3 Å². The number of allylic oxidation sites excluding steroid dienone is 2. The summed E-state index contributed by atoms with van der Waals surface area (Å²) in [5.41, 5.74) is 3.24. The molecule has 6 rings (SSSR count). The predicted octanol–water partition coefficient (Wildman–Crippen LogP) is 4.99. The Balaban J connectivity index is 1.53. The molecule has 32 heavy (non-hydrogen) atoms. The Bertz CT molecular complexity index is 1310. The van der Waals surface area contributed by atoms with Gasteiger partial charge in [-0.3, -0.25) is 4.79 Å². The van der Waals surface area contributed by atoms with Gasteiger partial charge in [-0.25, -0.2) is 4.68 Å². The maximum Gasteiger partial charge on any atom is 0.231 e. The molecular formula is C24H21ClN4O3. The maximum absolute atomic E-state index is 13.4. The van der Waals surface area contributed by atoms with Crippen molar-refractivity contribution in [3.8, 4) is 22.9 Å². The van der Waals surface area contributed by atoms with E-state index < -0.39 is 6.04 Å². The minimum Gasteiger partial charge on any atom is -0.454 e. The van der Waals surface area contributed by atoms with Crippen LogP contribution in [0, 0.1) is 5.41 Å². The highest BCUT2D eigenvalue weighted by molar-refractivity contribution is 6.30. The summed E-state index contributed by atoms with van der Waals surface area (Å²) < 4.78 is 12.9. The second-order valence-corrected chi connectivity index (χ2v) is 9.62. The number of benzene rings is 2. The van der Waals surface area contributed by atoms with Gasteiger partial charge < -0.3 is 14.8 Å². The van der Waals surface area contributed by atoms with Crippen LogP contribution in [-0.4, -0.2) is 27.3 Å². The molecule has 3 heterocycles. The molecule has 1 aliphatic carbocycles. The highest BCUT2D eigenvalue weighted by atomic mass is 35.5. The first-order chi connectivity index (χ1) is 15.4. The molecular weight excluding hydrogens is 428 g/mol. The fourth-order valence-corrected chi connectivity index (χ4v) is 4.94. The van der Waals surface area contributed by atoms with Crippen LogP contribution in [0.25, 0.3) is 11.4 Å². The fraction of sp³-hybridized carbons (Fsp3) is 0.292. The SMILES string of the molecule is CC1(C)CC(=O)C2=C(C1)Nc1nc(-c3cccc(Cl)c3)nn1[C@@H]2c1ccc2c(c1)OCO2. The lowest BCUT2D eigenvalue weighted by molar-refractivity contribution is -0.118. The number of rotatable bonds is 2. The topological polar surface area (TPSA) is 78.3 Å². The Morgan fingerprint density at radius 1 is 1.12 bits per heavy atom. The average Bonchev–Trinajstić information content (AvgIpc) is 3.37. The second kappa shape index (κ2) is 6.84. The minimum absolute atomic E-state index is 0.122. The van der Waals surface area contributed by atoms with Crippen molar-refractivity contribution in [1.82, 2.24) is 14.8 Å². The van der Waals surface area contributed by atoms with Crippen molar-refractivity contribution in [2.24, 2.45) is 5.41 Å². The predicted molar refractivity (Wildman–Crippen MR) is 120 cm³/mol. The van der Waals surface area contributed by atoms with Crippen molar-refractivity contribution in [3.63, 3.8) is 0 Å². The number of carbonyl (C=O) groups excluding carboxylic acids is 1. The van der Waals surface area contributed by atoms with Gasteiger partial charge in [0.05, 0.1) is 0 Å². The van der Waals surface area contributed by atoms with E-state index in [2.05, 4.69) is 19.2 Å². The number of ketones is 1. The van der Waals surface area contributed by atoms with Gasteiger partial charge in [-0.1, -0.05) is 43.6 Å². The molecule has 0 spiro atoms. The molecule has 3 aromatic rings. The van der Waals surface area contributed by atoms with Crippen LogP contribution in [0.15, 0.2) is 53.7 Å². The number of nitrogens with one attached hydrogen (secondary N) is 1.